The fraction of sp³-hybridized carbons (Fsp3) is 0.300. The lowest BCUT2D eigenvalue weighted by atomic mass is 10.4. The van der Waals surface area contributed by atoms with Crippen LogP contribution in [0, 0.1) is 6.92 Å². The minimum absolute atomic E-state index is 0.0852. The summed E-state index contributed by atoms with van der Waals surface area (Å²) in [5, 5.41) is 3.24. The molecule has 2 heterocycles. The van der Waals surface area contributed by atoms with Gasteiger partial charge in [-0.05, 0) is 26.0 Å². The predicted octanol–water partition coefficient (Wildman–Crippen LogP) is 1.47. The van der Waals surface area contributed by atoms with E-state index in [-0.39, 0.29) is 10.0 Å². The number of hydrogen-bond acceptors (Lipinski definition) is 7. The van der Waals surface area contributed by atoms with Crippen molar-refractivity contribution in [3.63, 3.8) is 0 Å². The van der Waals surface area contributed by atoms with E-state index in [0.717, 1.165) is 18.1 Å². The molecule has 0 aliphatic rings. The van der Waals surface area contributed by atoms with Gasteiger partial charge in [0.05, 0.1) is 0 Å². The molecule has 0 saturated heterocycles. The van der Waals surface area contributed by atoms with Gasteiger partial charge in [-0.3, -0.25) is 4.72 Å². The number of anilines is 2. The van der Waals surface area contributed by atoms with Gasteiger partial charge in [0, 0.05) is 24.3 Å². The average Bonchev–Trinajstić information content (AvgIpc) is 2.75. The zero-order valence-electron chi connectivity index (χ0n) is 10.4. The molecule has 2 aromatic heterocycles. The number of hydrogen-bond donors (Lipinski definition) is 2. The summed E-state index contributed by atoms with van der Waals surface area (Å²) >= 11 is 0.998. The lowest BCUT2D eigenvalue weighted by Crippen LogP contribution is -2.13. The zero-order chi connectivity index (χ0) is 13.9. The third-order valence-electron chi connectivity index (χ3n) is 2.15. The molecule has 7 nitrogen and oxygen atoms in total. The molecule has 19 heavy (non-hydrogen) atoms. The van der Waals surface area contributed by atoms with Crippen LogP contribution in [0.25, 0.3) is 0 Å². The number of aromatic nitrogens is 3. The number of pyridine rings is 1. The van der Waals surface area contributed by atoms with Crippen LogP contribution in [0.4, 0.5) is 10.9 Å². The molecular weight excluding hydrogens is 286 g/mol. The molecule has 102 valence electrons. The van der Waals surface area contributed by atoms with Gasteiger partial charge in [0.2, 0.25) is 5.13 Å². The van der Waals surface area contributed by atoms with E-state index in [1.807, 2.05) is 6.92 Å². The molecule has 0 fully saturated rings. The predicted molar refractivity (Wildman–Crippen MR) is 73.9 cm³/mol. The van der Waals surface area contributed by atoms with Gasteiger partial charge in [0.15, 0.2) is 0 Å². The highest BCUT2D eigenvalue weighted by Crippen LogP contribution is 2.17. The van der Waals surface area contributed by atoms with Crippen molar-refractivity contribution in [3.05, 3.63) is 24.2 Å². The van der Waals surface area contributed by atoms with Crippen LogP contribution in [-0.2, 0) is 10.0 Å². The quantitative estimate of drug-likeness (QED) is 0.868. The van der Waals surface area contributed by atoms with Gasteiger partial charge < -0.3 is 5.32 Å². The Bertz CT molecular complexity index is 651. The van der Waals surface area contributed by atoms with Crippen molar-refractivity contribution in [1.29, 1.82) is 0 Å². The molecule has 0 radical (unpaired) electrons. The van der Waals surface area contributed by atoms with Gasteiger partial charge in [-0.1, -0.05) is 0 Å². The molecule has 9 heteroatoms. The van der Waals surface area contributed by atoms with Gasteiger partial charge >= 0.3 is 0 Å². The largest absolute Gasteiger partial charge is 0.370 e. The number of sulfonamides is 1. The van der Waals surface area contributed by atoms with Crippen LogP contribution in [0.1, 0.15) is 12.7 Å². The molecule has 2 rings (SSSR count). The van der Waals surface area contributed by atoms with Gasteiger partial charge in [0.25, 0.3) is 10.0 Å². The fourth-order valence-corrected chi connectivity index (χ4v) is 3.08. The minimum Gasteiger partial charge on any atom is -0.370 e. The van der Waals surface area contributed by atoms with Crippen LogP contribution in [0.15, 0.2) is 23.2 Å². The third-order valence-corrected chi connectivity index (χ3v) is 4.33. The minimum atomic E-state index is -3.66. The van der Waals surface area contributed by atoms with Crippen molar-refractivity contribution in [2.45, 2.75) is 18.7 Å². The SMILES string of the molecule is CCNc1ccc(S(=O)(=O)Nc2nc(C)ns2)cn1. The summed E-state index contributed by atoms with van der Waals surface area (Å²) in [6, 6.07) is 3.10. The lowest BCUT2D eigenvalue weighted by molar-refractivity contribution is 0.601. The fourth-order valence-electron chi connectivity index (χ4n) is 1.34. The first-order valence-electron chi connectivity index (χ1n) is 5.54. The van der Waals surface area contributed by atoms with Crippen molar-refractivity contribution in [3.8, 4) is 0 Å². The molecule has 0 aliphatic carbocycles. The summed E-state index contributed by atoms with van der Waals surface area (Å²) in [5.41, 5.74) is 0. The second kappa shape index (κ2) is 5.49. The Morgan fingerprint density at radius 1 is 1.37 bits per heavy atom. The normalized spacial score (nSPS) is 11.3. The summed E-state index contributed by atoms with van der Waals surface area (Å²) in [6.45, 7) is 4.36. The first-order valence-corrected chi connectivity index (χ1v) is 7.80. The number of aryl methyl sites for hydroxylation is 1. The van der Waals surface area contributed by atoms with Crippen LogP contribution >= 0.6 is 11.5 Å². The molecule has 0 aliphatic heterocycles. The van der Waals surface area contributed by atoms with E-state index in [4.69, 9.17) is 0 Å². The number of nitrogens with one attached hydrogen (secondary N) is 2. The molecule has 0 bridgehead atoms. The smallest absolute Gasteiger partial charge is 0.265 e. The van der Waals surface area contributed by atoms with E-state index < -0.39 is 10.0 Å². The standard InChI is InChI=1S/C10H13N5O2S2/c1-3-11-9-5-4-8(6-12-9)19(16,17)15-10-13-7(2)14-18-10/h4-6H,3H2,1-2H3,(H,11,12)(H,13,14,15). The maximum absolute atomic E-state index is 12.0. The second-order valence-electron chi connectivity index (χ2n) is 3.66. The van der Waals surface area contributed by atoms with Crippen LogP contribution in [0.2, 0.25) is 0 Å². The van der Waals surface area contributed by atoms with E-state index in [2.05, 4.69) is 24.4 Å². The Morgan fingerprint density at radius 2 is 2.16 bits per heavy atom. The highest BCUT2D eigenvalue weighted by molar-refractivity contribution is 7.93. The topological polar surface area (TPSA) is 96.9 Å². The molecular formula is C10H13N5O2S2. The number of nitrogens with zero attached hydrogens (tertiary/aromatic N) is 3. The highest BCUT2D eigenvalue weighted by Gasteiger charge is 2.16. The maximum atomic E-state index is 12.0. The van der Waals surface area contributed by atoms with Gasteiger partial charge in [-0.15, -0.1) is 0 Å². The molecule has 2 N–H and O–H groups in total. The molecule has 0 saturated carbocycles. The maximum Gasteiger partial charge on any atom is 0.265 e. The van der Waals surface area contributed by atoms with E-state index in [1.54, 1.807) is 13.0 Å². The van der Waals surface area contributed by atoms with Crippen molar-refractivity contribution in [2.75, 3.05) is 16.6 Å². The van der Waals surface area contributed by atoms with Gasteiger partial charge in [-0.25, -0.2) is 18.4 Å². The Hall–Kier alpha value is -1.74. The summed E-state index contributed by atoms with van der Waals surface area (Å²) < 4.78 is 30.4. The lowest BCUT2D eigenvalue weighted by Gasteiger charge is -2.06. The average molecular weight is 299 g/mol. The van der Waals surface area contributed by atoms with Crippen LogP contribution < -0.4 is 10.0 Å². The molecule has 0 atom stereocenters. The van der Waals surface area contributed by atoms with Gasteiger partial charge in [0.1, 0.15) is 16.5 Å². The Kier molecular flexibility index (Phi) is 3.96. The molecule has 0 aromatic carbocycles. The first kappa shape index (κ1) is 13.7. The molecule has 0 unspecified atom stereocenters. The van der Waals surface area contributed by atoms with E-state index in [9.17, 15) is 8.42 Å². The van der Waals surface area contributed by atoms with E-state index in [1.165, 1.54) is 12.3 Å². The van der Waals surface area contributed by atoms with Crippen molar-refractivity contribution < 1.29 is 8.42 Å². The van der Waals surface area contributed by atoms with Crippen molar-refractivity contribution in [2.24, 2.45) is 0 Å². The summed E-state index contributed by atoms with van der Waals surface area (Å²) in [6.07, 6.45) is 1.30. The van der Waals surface area contributed by atoms with Crippen LogP contribution in [-0.4, -0.2) is 29.3 Å². The molecule has 0 spiro atoms. The third kappa shape index (κ3) is 3.38. The second-order valence-corrected chi connectivity index (χ2v) is 6.10. The monoisotopic (exact) mass is 299 g/mol. The van der Waals surface area contributed by atoms with Crippen LogP contribution in [0.3, 0.4) is 0 Å². The Balaban J connectivity index is 2.19. The molecule has 0 amide bonds. The summed E-state index contributed by atoms with van der Waals surface area (Å²) in [4.78, 5) is 8.06. The summed E-state index contributed by atoms with van der Waals surface area (Å²) in [5.74, 6) is 1.16. The zero-order valence-corrected chi connectivity index (χ0v) is 12.0. The molecule has 2 aromatic rings. The Labute approximate surface area is 115 Å². The number of rotatable bonds is 5. The summed E-state index contributed by atoms with van der Waals surface area (Å²) in [7, 11) is -3.66. The van der Waals surface area contributed by atoms with Crippen LogP contribution in [0.5, 0.6) is 0 Å². The van der Waals surface area contributed by atoms with Crippen molar-refractivity contribution >= 4 is 32.5 Å². The van der Waals surface area contributed by atoms with E-state index >= 15 is 0 Å². The Morgan fingerprint density at radius 3 is 2.68 bits per heavy atom. The van der Waals surface area contributed by atoms with Crippen molar-refractivity contribution in [1.82, 2.24) is 14.3 Å². The highest BCUT2D eigenvalue weighted by atomic mass is 32.2. The van der Waals surface area contributed by atoms with E-state index in [0.29, 0.717) is 11.6 Å². The first-order chi connectivity index (χ1) is 9.01. The van der Waals surface area contributed by atoms with Gasteiger partial charge in [-0.2, -0.15) is 4.37 Å².